The van der Waals surface area contributed by atoms with Crippen LogP contribution in [0.5, 0.6) is 0 Å². The number of para-hydroxylation sites is 1. The average Bonchev–Trinajstić information content (AvgIpc) is 2.71. The Hall–Kier alpha value is -1.77. The molecule has 0 saturated heterocycles. The van der Waals surface area contributed by atoms with Gasteiger partial charge in [-0.2, -0.15) is 0 Å². The van der Waals surface area contributed by atoms with Crippen LogP contribution in [0.2, 0.25) is 0 Å². The lowest BCUT2D eigenvalue weighted by Gasteiger charge is -2.04. The zero-order chi connectivity index (χ0) is 12.3. The van der Waals surface area contributed by atoms with E-state index in [0.29, 0.717) is 18.2 Å². The first kappa shape index (κ1) is 11.7. The van der Waals surface area contributed by atoms with E-state index in [1.807, 2.05) is 24.3 Å². The molecule has 17 heavy (non-hydrogen) atoms. The second kappa shape index (κ2) is 5.04. The number of benzene rings is 1. The van der Waals surface area contributed by atoms with Crippen LogP contribution in [0.1, 0.15) is 30.8 Å². The van der Waals surface area contributed by atoms with Crippen LogP contribution in [0.25, 0.3) is 11.0 Å². The summed E-state index contributed by atoms with van der Waals surface area (Å²) >= 11 is 0. The molecule has 0 aliphatic heterocycles. The lowest BCUT2D eigenvalue weighted by atomic mass is 10.1. The van der Waals surface area contributed by atoms with Crippen LogP contribution in [0.15, 0.2) is 34.7 Å². The summed E-state index contributed by atoms with van der Waals surface area (Å²) in [6.07, 6.45) is 0.978. The summed E-state index contributed by atoms with van der Waals surface area (Å²) in [6.45, 7) is 4.95. The van der Waals surface area contributed by atoms with Gasteiger partial charge >= 0.3 is 0 Å². The molecule has 1 amide bonds. The summed E-state index contributed by atoms with van der Waals surface area (Å²) < 4.78 is 5.48. The third kappa shape index (κ3) is 2.87. The number of carbonyl (C=O) groups excluding carboxylic acids is 1. The Morgan fingerprint density at radius 3 is 2.82 bits per heavy atom. The average molecular weight is 231 g/mol. The molecule has 1 N–H and O–H groups in total. The van der Waals surface area contributed by atoms with Crippen molar-refractivity contribution in [1.29, 1.82) is 0 Å². The minimum absolute atomic E-state index is 0.137. The predicted molar refractivity (Wildman–Crippen MR) is 68.0 cm³/mol. The molecule has 0 fully saturated rings. The maximum atomic E-state index is 11.8. The number of fused-ring (bicyclic) bond motifs is 1. The molecular weight excluding hydrogens is 214 g/mol. The fraction of sp³-hybridized carbons (Fsp3) is 0.357. The minimum atomic E-state index is -0.137. The normalized spacial score (nSPS) is 11.0. The second-order valence-electron chi connectivity index (χ2n) is 4.59. The summed E-state index contributed by atoms with van der Waals surface area (Å²) in [4.78, 5) is 11.8. The fourth-order valence-electron chi connectivity index (χ4n) is 1.66. The van der Waals surface area contributed by atoms with E-state index in [9.17, 15) is 4.79 Å². The molecule has 0 unspecified atom stereocenters. The molecule has 0 aliphatic carbocycles. The van der Waals surface area contributed by atoms with Gasteiger partial charge in [0, 0.05) is 11.9 Å². The summed E-state index contributed by atoms with van der Waals surface area (Å²) in [5, 5.41) is 3.82. The second-order valence-corrected chi connectivity index (χ2v) is 4.59. The summed E-state index contributed by atoms with van der Waals surface area (Å²) in [5.74, 6) is 0.836. The molecule has 1 aromatic heterocycles. The van der Waals surface area contributed by atoms with E-state index in [-0.39, 0.29) is 5.91 Å². The van der Waals surface area contributed by atoms with Crippen LogP contribution in [-0.2, 0) is 0 Å². The molecule has 3 heteroatoms. The molecule has 0 saturated carbocycles. The van der Waals surface area contributed by atoms with Crippen molar-refractivity contribution in [1.82, 2.24) is 5.32 Å². The zero-order valence-corrected chi connectivity index (χ0v) is 10.2. The number of nitrogens with one attached hydrogen (secondary N) is 1. The van der Waals surface area contributed by atoms with Crippen molar-refractivity contribution >= 4 is 16.9 Å². The molecule has 2 rings (SSSR count). The van der Waals surface area contributed by atoms with E-state index >= 15 is 0 Å². The Bertz CT molecular complexity index is 481. The molecule has 90 valence electrons. The standard InChI is InChI=1S/C14H17NO2/c1-10(2)7-8-15-14(16)13-9-11-5-3-4-6-12(11)17-13/h3-6,9-10H,7-8H2,1-2H3,(H,15,16). The summed E-state index contributed by atoms with van der Waals surface area (Å²) in [6, 6.07) is 9.40. The number of furan rings is 1. The van der Waals surface area contributed by atoms with Crippen molar-refractivity contribution in [2.45, 2.75) is 20.3 Å². The van der Waals surface area contributed by atoms with Gasteiger partial charge in [-0.1, -0.05) is 32.0 Å². The zero-order valence-electron chi connectivity index (χ0n) is 10.2. The molecule has 0 bridgehead atoms. The Balaban J connectivity index is 2.04. The van der Waals surface area contributed by atoms with E-state index in [2.05, 4.69) is 19.2 Å². The van der Waals surface area contributed by atoms with Crippen LogP contribution in [0, 0.1) is 5.92 Å². The highest BCUT2D eigenvalue weighted by molar-refractivity contribution is 5.95. The van der Waals surface area contributed by atoms with Crippen LogP contribution < -0.4 is 5.32 Å². The van der Waals surface area contributed by atoms with Gasteiger partial charge in [-0.3, -0.25) is 4.79 Å². The molecular formula is C14H17NO2. The number of amides is 1. The van der Waals surface area contributed by atoms with E-state index in [1.165, 1.54) is 0 Å². The Kier molecular flexibility index (Phi) is 3.47. The van der Waals surface area contributed by atoms with Gasteiger partial charge < -0.3 is 9.73 Å². The van der Waals surface area contributed by atoms with E-state index in [4.69, 9.17) is 4.42 Å². The predicted octanol–water partition coefficient (Wildman–Crippen LogP) is 3.21. The maximum absolute atomic E-state index is 11.8. The Morgan fingerprint density at radius 2 is 2.12 bits per heavy atom. The monoisotopic (exact) mass is 231 g/mol. The van der Waals surface area contributed by atoms with Gasteiger partial charge in [-0.25, -0.2) is 0 Å². The quantitative estimate of drug-likeness (QED) is 0.877. The van der Waals surface area contributed by atoms with Crippen molar-refractivity contribution in [3.05, 3.63) is 36.1 Å². The highest BCUT2D eigenvalue weighted by Crippen LogP contribution is 2.18. The molecule has 0 radical (unpaired) electrons. The molecule has 3 nitrogen and oxygen atoms in total. The van der Waals surface area contributed by atoms with Gasteiger partial charge in [0.25, 0.3) is 5.91 Å². The van der Waals surface area contributed by atoms with Gasteiger partial charge in [0.05, 0.1) is 0 Å². The lowest BCUT2D eigenvalue weighted by Crippen LogP contribution is -2.24. The first-order chi connectivity index (χ1) is 8.16. The molecule has 0 aliphatic rings. The number of hydrogen-bond donors (Lipinski definition) is 1. The molecule has 0 spiro atoms. The van der Waals surface area contributed by atoms with Crippen LogP contribution in [0.3, 0.4) is 0 Å². The lowest BCUT2D eigenvalue weighted by molar-refractivity contribution is 0.0926. The first-order valence-electron chi connectivity index (χ1n) is 5.93. The Morgan fingerprint density at radius 1 is 1.35 bits per heavy atom. The SMILES string of the molecule is CC(C)CCNC(=O)c1cc2ccccc2o1. The Labute approximate surface area is 101 Å². The first-order valence-corrected chi connectivity index (χ1v) is 5.93. The number of rotatable bonds is 4. The fourth-order valence-corrected chi connectivity index (χ4v) is 1.66. The van der Waals surface area contributed by atoms with Crippen molar-refractivity contribution in [3.63, 3.8) is 0 Å². The molecule has 0 atom stereocenters. The summed E-state index contributed by atoms with van der Waals surface area (Å²) in [5.41, 5.74) is 0.751. The van der Waals surface area contributed by atoms with E-state index < -0.39 is 0 Å². The number of hydrogen-bond acceptors (Lipinski definition) is 2. The maximum Gasteiger partial charge on any atom is 0.287 e. The van der Waals surface area contributed by atoms with Gasteiger partial charge in [-0.05, 0) is 24.5 Å². The van der Waals surface area contributed by atoms with E-state index in [1.54, 1.807) is 6.07 Å². The molecule has 1 aromatic carbocycles. The van der Waals surface area contributed by atoms with Gasteiger partial charge in [-0.15, -0.1) is 0 Å². The highest BCUT2D eigenvalue weighted by atomic mass is 16.3. The number of carbonyl (C=O) groups is 1. The topological polar surface area (TPSA) is 42.2 Å². The van der Waals surface area contributed by atoms with Crippen LogP contribution in [-0.4, -0.2) is 12.5 Å². The highest BCUT2D eigenvalue weighted by Gasteiger charge is 2.11. The van der Waals surface area contributed by atoms with Crippen molar-refractivity contribution in [3.8, 4) is 0 Å². The van der Waals surface area contributed by atoms with Crippen LogP contribution in [0.4, 0.5) is 0 Å². The van der Waals surface area contributed by atoms with Crippen molar-refractivity contribution < 1.29 is 9.21 Å². The van der Waals surface area contributed by atoms with Gasteiger partial charge in [0.2, 0.25) is 0 Å². The minimum Gasteiger partial charge on any atom is -0.451 e. The van der Waals surface area contributed by atoms with Crippen LogP contribution >= 0.6 is 0 Å². The van der Waals surface area contributed by atoms with E-state index in [0.717, 1.165) is 17.4 Å². The van der Waals surface area contributed by atoms with Gasteiger partial charge in [0.1, 0.15) is 5.58 Å². The van der Waals surface area contributed by atoms with Crippen molar-refractivity contribution in [2.75, 3.05) is 6.54 Å². The third-order valence-electron chi connectivity index (χ3n) is 2.66. The smallest absolute Gasteiger partial charge is 0.287 e. The molecule has 2 aromatic rings. The molecule has 1 heterocycles. The summed E-state index contributed by atoms with van der Waals surface area (Å²) in [7, 11) is 0. The van der Waals surface area contributed by atoms with Crippen molar-refractivity contribution in [2.24, 2.45) is 5.92 Å². The third-order valence-corrected chi connectivity index (χ3v) is 2.66. The largest absolute Gasteiger partial charge is 0.451 e. The van der Waals surface area contributed by atoms with Gasteiger partial charge in [0.15, 0.2) is 5.76 Å².